The molecule has 3 rings (SSSR count). The van der Waals surface area contributed by atoms with Crippen LogP contribution in [0.3, 0.4) is 0 Å². The van der Waals surface area contributed by atoms with Crippen molar-refractivity contribution in [2.45, 2.75) is 0 Å². The number of thiophene rings is 2. The summed E-state index contributed by atoms with van der Waals surface area (Å²) in [5.74, 6) is -1.82. The van der Waals surface area contributed by atoms with Crippen LogP contribution < -0.4 is 11.1 Å². The number of nitrogens with one attached hydrogen (secondary N) is 1. The Kier molecular flexibility index (Phi) is 6.36. The van der Waals surface area contributed by atoms with Crippen LogP contribution in [-0.2, 0) is 14.3 Å². The topological polar surface area (TPSA) is 98.5 Å². The molecule has 0 spiro atoms. The van der Waals surface area contributed by atoms with Crippen molar-refractivity contribution in [2.75, 3.05) is 11.9 Å². The SMILES string of the molecule is NC(=O)c1ccsc1NC(=O)COC(=O)/C=C/c1ccc(-c2ccccc2)s1. The number of carbonyl (C=O) groups excluding carboxylic acids is 3. The largest absolute Gasteiger partial charge is 0.452 e. The first-order valence-corrected chi connectivity index (χ1v) is 9.90. The second-order valence-corrected chi connectivity index (χ2v) is 7.62. The third kappa shape index (κ3) is 5.15. The minimum Gasteiger partial charge on any atom is -0.452 e. The second-order valence-electron chi connectivity index (χ2n) is 5.58. The third-order valence-electron chi connectivity index (χ3n) is 3.60. The number of ether oxygens (including phenoxy) is 1. The van der Waals surface area contributed by atoms with E-state index >= 15 is 0 Å². The van der Waals surface area contributed by atoms with Crippen molar-refractivity contribution in [3.05, 3.63) is 70.4 Å². The Morgan fingerprint density at radius 2 is 1.86 bits per heavy atom. The highest BCUT2D eigenvalue weighted by atomic mass is 32.1. The molecule has 0 saturated heterocycles. The van der Waals surface area contributed by atoms with Crippen LogP contribution in [0.2, 0.25) is 0 Å². The Labute approximate surface area is 169 Å². The monoisotopic (exact) mass is 412 g/mol. The lowest BCUT2D eigenvalue weighted by Gasteiger charge is -2.04. The van der Waals surface area contributed by atoms with Gasteiger partial charge in [0, 0.05) is 15.8 Å². The molecule has 8 heteroatoms. The zero-order valence-corrected chi connectivity index (χ0v) is 16.2. The van der Waals surface area contributed by atoms with Gasteiger partial charge in [-0.1, -0.05) is 30.3 Å². The molecule has 0 aliphatic carbocycles. The van der Waals surface area contributed by atoms with Crippen LogP contribution >= 0.6 is 22.7 Å². The van der Waals surface area contributed by atoms with Gasteiger partial charge in [-0.3, -0.25) is 9.59 Å². The normalized spacial score (nSPS) is 10.7. The fraction of sp³-hybridized carbons (Fsp3) is 0.0500. The first kappa shape index (κ1) is 19.5. The summed E-state index contributed by atoms with van der Waals surface area (Å²) in [6.45, 7) is -0.459. The molecule has 2 aromatic heterocycles. The van der Waals surface area contributed by atoms with E-state index in [0.29, 0.717) is 5.00 Å². The molecule has 0 unspecified atom stereocenters. The van der Waals surface area contributed by atoms with Gasteiger partial charge in [0.25, 0.3) is 11.8 Å². The van der Waals surface area contributed by atoms with E-state index in [4.69, 9.17) is 10.5 Å². The summed E-state index contributed by atoms with van der Waals surface area (Å²) in [6.07, 6.45) is 2.91. The number of esters is 1. The van der Waals surface area contributed by atoms with Crippen LogP contribution in [0.1, 0.15) is 15.2 Å². The first-order chi connectivity index (χ1) is 13.5. The van der Waals surface area contributed by atoms with Gasteiger partial charge in [0.2, 0.25) is 0 Å². The van der Waals surface area contributed by atoms with Gasteiger partial charge in [0.05, 0.1) is 5.56 Å². The van der Waals surface area contributed by atoms with Gasteiger partial charge in [-0.05, 0) is 35.2 Å². The minimum atomic E-state index is -0.637. The first-order valence-electron chi connectivity index (χ1n) is 8.20. The summed E-state index contributed by atoms with van der Waals surface area (Å²) < 4.78 is 4.92. The Bertz CT molecular complexity index is 1020. The molecule has 142 valence electrons. The molecule has 2 heterocycles. The van der Waals surface area contributed by atoms with E-state index in [-0.39, 0.29) is 5.56 Å². The zero-order chi connectivity index (χ0) is 19.9. The van der Waals surface area contributed by atoms with Crippen molar-refractivity contribution in [3.8, 4) is 10.4 Å². The number of anilines is 1. The molecule has 0 aliphatic heterocycles. The van der Waals surface area contributed by atoms with Gasteiger partial charge >= 0.3 is 5.97 Å². The quantitative estimate of drug-likeness (QED) is 0.456. The Morgan fingerprint density at radius 3 is 2.61 bits per heavy atom. The average Bonchev–Trinajstić information content (AvgIpc) is 3.35. The highest BCUT2D eigenvalue weighted by Gasteiger charge is 2.13. The van der Waals surface area contributed by atoms with Crippen LogP contribution in [-0.4, -0.2) is 24.4 Å². The lowest BCUT2D eigenvalue weighted by molar-refractivity contribution is -0.142. The summed E-state index contributed by atoms with van der Waals surface area (Å²) in [4.78, 5) is 36.9. The molecule has 0 aliphatic rings. The predicted octanol–water partition coefficient (Wildman–Crippen LogP) is 3.77. The molecular weight excluding hydrogens is 396 g/mol. The van der Waals surface area contributed by atoms with Gasteiger partial charge in [-0.2, -0.15) is 0 Å². The van der Waals surface area contributed by atoms with Gasteiger partial charge in [-0.25, -0.2) is 4.79 Å². The van der Waals surface area contributed by atoms with Crippen molar-refractivity contribution in [1.82, 2.24) is 0 Å². The predicted molar refractivity (Wildman–Crippen MR) is 111 cm³/mol. The number of rotatable bonds is 7. The summed E-state index contributed by atoms with van der Waals surface area (Å²) in [6, 6.07) is 15.3. The van der Waals surface area contributed by atoms with Gasteiger partial charge in [0.15, 0.2) is 6.61 Å². The second kappa shape index (κ2) is 9.12. The van der Waals surface area contributed by atoms with Crippen molar-refractivity contribution >= 4 is 51.5 Å². The molecule has 0 bridgehead atoms. The smallest absolute Gasteiger partial charge is 0.331 e. The van der Waals surface area contributed by atoms with Crippen LogP contribution in [0.5, 0.6) is 0 Å². The number of amides is 2. The molecule has 6 nitrogen and oxygen atoms in total. The van der Waals surface area contributed by atoms with Crippen LogP contribution in [0.4, 0.5) is 5.00 Å². The summed E-state index contributed by atoms with van der Waals surface area (Å²) in [5, 5.41) is 4.47. The Balaban J connectivity index is 1.50. The molecule has 28 heavy (non-hydrogen) atoms. The summed E-state index contributed by atoms with van der Waals surface area (Å²) in [5.41, 5.74) is 6.54. The summed E-state index contributed by atoms with van der Waals surface area (Å²) in [7, 11) is 0. The van der Waals surface area contributed by atoms with E-state index < -0.39 is 24.4 Å². The minimum absolute atomic E-state index is 0.219. The molecule has 2 amide bonds. The molecule has 0 fully saturated rings. The average molecular weight is 412 g/mol. The number of hydrogen-bond donors (Lipinski definition) is 2. The third-order valence-corrected chi connectivity index (χ3v) is 5.53. The Morgan fingerprint density at radius 1 is 1.07 bits per heavy atom. The van der Waals surface area contributed by atoms with E-state index in [9.17, 15) is 14.4 Å². The molecule has 3 aromatic rings. The fourth-order valence-electron chi connectivity index (χ4n) is 2.30. The lowest BCUT2D eigenvalue weighted by atomic mass is 10.2. The van der Waals surface area contributed by atoms with Crippen LogP contribution in [0.15, 0.2) is 60.0 Å². The van der Waals surface area contributed by atoms with Crippen LogP contribution in [0, 0.1) is 0 Å². The molecule has 3 N–H and O–H groups in total. The zero-order valence-electron chi connectivity index (χ0n) is 14.6. The Hall–Kier alpha value is -3.23. The van der Waals surface area contributed by atoms with Crippen molar-refractivity contribution < 1.29 is 19.1 Å². The molecule has 1 aromatic carbocycles. The van der Waals surface area contributed by atoms with E-state index in [1.165, 1.54) is 12.1 Å². The molecular formula is C20H16N2O4S2. The molecule has 0 saturated carbocycles. The number of hydrogen-bond acceptors (Lipinski definition) is 6. The molecule has 0 radical (unpaired) electrons. The van der Waals surface area contributed by atoms with Crippen molar-refractivity contribution in [3.63, 3.8) is 0 Å². The van der Waals surface area contributed by atoms with Crippen molar-refractivity contribution in [1.29, 1.82) is 0 Å². The standard InChI is InChI=1S/C20H16N2O4S2/c21-19(25)15-10-11-27-20(15)22-17(23)12-26-18(24)9-7-14-6-8-16(28-14)13-4-2-1-3-5-13/h1-11H,12H2,(H2,21,25)(H,22,23)/b9-7+. The van der Waals surface area contributed by atoms with Gasteiger partial charge in [0.1, 0.15) is 5.00 Å². The number of benzene rings is 1. The molecule has 0 atom stereocenters. The highest BCUT2D eigenvalue weighted by Crippen LogP contribution is 2.28. The maximum Gasteiger partial charge on any atom is 0.331 e. The van der Waals surface area contributed by atoms with E-state index in [1.54, 1.807) is 22.8 Å². The number of nitrogens with two attached hydrogens (primary N) is 1. The fourth-order valence-corrected chi connectivity index (χ4v) is 4.02. The lowest BCUT2D eigenvalue weighted by Crippen LogP contribution is -2.21. The summed E-state index contributed by atoms with van der Waals surface area (Å²) >= 11 is 2.71. The van der Waals surface area contributed by atoms with E-state index in [1.807, 2.05) is 42.5 Å². The number of primary amides is 1. The van der Waals surface area contributed by atoms with E-state index in [0.717, 1.165) is 26.7 Å². The van der Waals surface area contributed by atoms with Crippen molar-refractivity contribution in [2.24, 2.45) is 5.73 Å². The maximum absolute atomic E-state index is 11.9. The highest BCUT2D eigenvalue weighted by molar-refractivity contribution is 7.16. The van der Waals surface area contributed by atoms with Crippen LogP contribution in [0.25, 0.3) is 16.5 Å². The van der Waals surface area contributed by atoms with Gasteiger partial charge in [-0.15, -0.1) is 22.7 Å². The van der Waals surface area contributed by atoms with Gasteiger partial charge < -0.3 is 15.8 Å². The number of carbonyl (C=O) groups is 3. The maximum atomic E-state index is 11.9. The van der Waals surface area contributed by atoms with E-state index in [2.05, 4.69) is 5.32 Å².